The van der Waals surface area contributed by atoms with Gasteiger partial charge in [0.25, 0.3) is 0 Å². The van der Waals surface area contributed by atoms with E-state index in [-0.39, 0.29) is 0 Å². The molecule has 1 saturated carbocycles. The molecule has 2 nitrogen and oxygen atoms in total. The molecule has 2 unspecified atom stereocenters. The lowest BCUT2D eigenvalue weighted by atomic mass is 9.83. The van der Waals surface area contributed by atoms with Crippen LogP contribution in [-0.2, 0) is 4.74 Å². The minimum atomic E-state index is 0.779. The Bertz CT molecular complexity index is 138. The fourth-order valence-electron chi connectivity index (χ4n) is 2.43. The van der Waals surface area contributed by atoms with Gasteiger partial charge in [0.15, 0.2) is 0 Å². The monoisotopic (exact) mass is 199 g/mol. The Balaban J connectivity index is 2.05. The van der Waals surface area contributed by atoms with Crippen LogP contribution in [0.25, 0.3) is 0 Å². The molecule has 0 aliphatic heterocycles. The lowest BCUT2D eigenvalue weighted by Crippen LogP contribution is -2.31. The molecule has 2 atom stereocenters. The fraction of sp³-hybridized carbons (Fsp3) is 1.00. The van der Waals surface area contributed by atoms with Crippen LogP contribution in [0.15, 0.2) is 0 Å². The van der Waals surface area contributed by atoms with Crippen LogP contribution < -0.4 is 5.32 Å². The highest BCUT2D eigenvalue weighted by atomic mass is 16.5. The molecule has 2 heteroatoms. The van der Waals surface area contributed by atoms with Crippen molar-refractivity contribution in [3.8, 4) is 0 Å². The van der Waals surface area contributed by atoms with Crippen LogP contribution in [0.1, 0.15) is 45.4 Å². The normalized spacial score (nSPS) is 27.9. The third-order valence-electron chi connectivity index (χ3n) is 3.30. The van der Waals surface area contributed by atoms with E-state index in [1.54, 1.807) is 0 Å². The van der Waals surface area contributed by atoms with Crippen LogP contribution in [-0.4, -0.2) is 26.3 Å². The highest BCUT2D eigenvalue weighted by Gasteiger charge is 2.19. The highest BCUT2D eigenvalue weighted by molar-refractivity contribution is 4.76. The number of hydrogen-bond donors (Lipinski definition) is 1. The first kappa shape index (κ1) is 12.0. The van der Waals surface area contributed by atoms with Crippen molar-refractivity contribution < 1.29 is 4.74 Å². The second kappa shape index (κ2) is 7.24. The topological polar surface area (TPSA) is 21.3 Å². The van der Waals surface area contributed by atoms with Gasteiger partial charge in [0, 0.05) is 19.3 Å². The summed E-state index contributed by atoms with van der Waals surface area (Å²) in [5.74, 6) is 0.946. The molecule has 0 bridgehead atoms. The predicted octanol–water partition coefficient (Wildman–Crippen LogP) is 2.58. The quantitative estimate of drug-likeness (QED) is 0.664. The Morgan fingerprint density at radius 1 is 1.36 bits per heavy atom. The van der Waals surface area contributed by atoms with Crippen LogP contribution in [0.3, 0.4) is 0 Å². The molecule has 1 rings (SSSR count). The summed E-state index contributed by atoms with van der Waals surface area (Å²) in [6, 6.07) is 0.779. The third-order valence-corrected chi connectivity index (χ3v) is 3.30. The van der Waals surface area contributed by atoms with Gasteiger partial charge in [-0.3, -0.25) is 0 Å². The van der Waals surface area contributed by atoms with Crippen molar-refractivity contribution in [2.24, 2.45) is 5.92 Å². The molecule has 1 aliphatic rings. The van der Waals surface area contributed by atoms with Crippen molar-refractivity contribution in [3.05, 3.63) is 0 Å². The largest absolute Gasteiger partial charge is 0.382 e. The Morgan fingerprint density at radius 2 is 2.21 bits per heavy atom. The number of nitrogens with one attached hydrogen (secondary N) is 1. The standard InChI is InChI=1S/C12H25NO/c1-3-14-9-5-7-11-6-4-8-12(10-11)13-2/h11-13H,3-10H2,1-2H3. The summed E-state index contributed by atoms with van der Waals surface area (Å²) in [7, 11) is 2.09. The molecule has 1 aliphatic carbocycles. The average molecular weight is 199 g/mol. The zero-order valence-corrected chi connectivity index (χ0v) is 9.72. The summed E-state index contributed by atoms with van der Waals surface area (Å²) in [5, 5.41) is 3.40. The number of rotatable bonds is 6. The van der Waals surface area contributed by atoms with E-state index in [2.05, 4.69) is 19.3 Å². The second-order valence-corrected chi connectivity index (χ2v) is 4.36. The smallest absolute Gasteiger partial charge is 0.0465 e. The molecule has 0 spiro atoms. The van der Waals surface area contributed by atoms with Crippen molar-refractivity contribution in [2.45, 2.75) is 51.5 Å². The Hall–Kier alpha value is -0.0800. The lowest BCUT2D eigenvalue weighted by Gasteiger charge is -2.28. The summed E-state index contributed by atoms with van der Waals surface area (Å²) < 4.78 is 5.36. The van der Waals surface area contributed by atoms with Crippen LogP contribution in [0.2, 0.25) is 0 Å². The van der Waals surface area contributed by atoms with E-state index in [1.165, 1.54) is 38.5 Å². The molecule has 14 heavy (non-hydrogen) atoms. The SMILES string of the molecule is CCOCCCC1CCCC(NC)C1. The molecule has 1 N–H and O–H groups in total. The zero-order chi connectivity index (χ0) is 10.2. The average Bonchev–Trinajstić information content (AvgIpc) is 2.25. The first-order valence-corrected chi connectivity index (χ1v) is 6.11. The maximum atomic E-state index is 5.36. The van der Waals surface area contributed by atoms with Gasteiger partial charge in [-0.25, -0.2) is 0 Å². The van der Waals surface area contributed by atoms with Gasteiger partial charge in [0.2, 0.25) is 0 Å². The van der Waals surface area contributed by atoms with Gasteiger partial charge in [-0.1, -0.05) is 12.8 Å². The second-order valence-electron chi connectivity index (χ2n) is 4.36. The Morgan fingerprint density at radius 3 is 2.93 bits per heavy atom. The molecule has 0 aromatic heterocycles. The first-order valence-electron chi connectivity index (χ1n) is 6.11. The molecule has 0 aromatic rings. The minimum Gasteiger partial charge on any atom is -0.382 e. The van der Waals surface area contributed by atoms with Crippen molar-refractivity contribution in [3.63, 3.8) is 0 Å². The van der Waals surface area contributed by atoms with Crippen molar-refractivity contribution >= 4 is 0 Å². The van der Waals surface area contributed by atoms with Crippen molar-refractivity contribution in [1.29, 1.82) is 0 Å². The zero-order valence-electron chi connectivity index (χ0n) is 9.72. The van der Waals surface area contributed by atoms with Gasteiger partial charge in [0.1, 0.15) is 0 Å². The minimum absolute atomic E-state index is 0.779. The molecule has 0 amide bonds. The summed E-state index contributed by atoms with van der Waals surface area (Å²) >= 11 is 0. The fourth-order valence-corrected chi connectivity index (χ4v) is 2.43. The Labute approximate surface area is 88.4 Å². The summed E-state index contributed by atoms with van der Waals surface area (Å²) in [5.41, 5.74) is 0. The van der Waals surface area contributed by atoms with Gasteiger partial charge in [-0.2, -0.15) is 0 Å². The maximum Gasteiger partial charge on any atom is 0.0465 e. The molecule has 0 aromatic carbocycles. The molecule has 0 radical (unpaired) electrons. The van der Waals surface area contributed by atoms with Crippen molar-refractivity contribution in [2.75, 3.05) is 20.3 Å². The number of hydrogen-bond acceptors (Lipinski definition) is 2. The van der Waals surface area contributed by atoms with E-state index in [0.717, 1.165) is 25.2 Å². The first-order chi connectivity index (χ1) is 6.86. The molecule has 1 fully saturated rings. The number of ether oxygens (including phenoxy) is 1. The van der Waals surface area contributed by atoms with Crippen molar-refractivity contribution in [1.82, 2.24) is 5.32 Å². The third kappa shape index (κ3) is 4.43. The van der Waals surface area contributed by atoms with E-state index in [9.17, 15) is 0 Å². The lowest BCUT2D eigenvalue weighted by molar-refractivity contribution is 0.135. The molecular weight excluding hydrogens is 174 g/mol. The van der Waals surface area contributed by atoms with E-state index in [1.807, 2.05) is 0 Å². The molecule has 84 valence electrons. The van der Waals surface area contributed by atoms with Crippen LogP contribution in [0.5, 0.6) is 0 Å². The van der Waals surface area contributed by atoms with Gasteiger partial charge in [-0.05, 0) is 45.6 Å². The summed E-state index contributed by atoms with van der Waals surface area (Å²) in [6.07, 6.45) is 8.20. The van der Waals surface area contributed by atoms with Gasteiger partial charge in [0.05, 0.1) is 0 Å². The molecular formula is C12H25NO. The van der Waals surface area contributed by atoms with Crippen LogP contribution in [0, 0.1) is 5.92 Å². The van der Waals surface area contributed by atoms with Gasteiger partial charge in [-0.15, -0.1) is 0 Å². The summed E-state index contributed by atoms with van der Waals surface area (Å²) in [4.78, 5) is 0. The van der Waals surface area contributed by atoms with Crippen LogP contribution in [0.4, 0.5) is 0 Å². The summed E-state index contributed by atoms with van der Waals surface area (Å²) in [6.45, 7) is 3.89. The van der Waals surface area contributed by atoms with E-state index < -0.39 is 0 Å². The van der Waals surface area contributed by atoms with Gasteiger partial charge >= 0.3 is 0 Å². The maximum absolute atomic E-state index is 5.36. The van der Waals surface area contributed by atoms with E-state index in [0.29, 0.717) is 0 Å². The molecule has 0 saturated heterocycles. The van der Waals surface area contributed by atoms with E-state index in [4.69, 9.17) is 4.74 Å². The van der Waals surface area contributed by atoms with Gasteiger partial charge < -0.3 is 10.1 Å². The Kier molecular flexibility index (Phi) is 6.20. The van der Waals surface area contributed by atoms with E-state index >= 15 is 0 Å². The highest BCUT2D eigenvalue weighted by Crippen LogP contribution is 2.27. The predicted molar refractivity (Wildman–Crippen MR) is 60.5 cm³/mol. The van der Waals surface area contributed by atoms with Crippen LogP contribution >= 0.6 is 0 Å². The molecule has 0 heterocycles.